The van der Waals surface area contributed by atoms with Crippen LogP contribution in [-0.2, 0) is 13.2 Å². The molecule has 0 atom stereocenters. The lowest BCUT2D eigenvalue weighted by Crippen LogP contribution is -2.07. The van der Waals surface area contributed by atoms with Crippen LogP contribution in [0.15, 0.2) is 42.5 Å². The van der Waals surface area contributed by atoms with Gasteiger partial charge in [-0.25, -0.2) is 0 Å². The van der Waals surface area contributed by atoms with E-state index >= 15 is 0 Å². The Hall–Kier alpha value is -0.930. The largest absolute Gasteiger partial charge is 0.489 e. The van der Waals surface area contributed by atoms with Crippen molar-refractivity contribution in [3.05, 3.63) is 63.6 Å². The first-order chi connectivity index (χ1) is 9.20. The summed E-state index contributed by atoms with van der Waals surface area (Å²) in [5.74, 6) is 0.818. The van der Waals surface area contributed by atoms with Crippen molar-refractivity contribution in [2.75, 3.05) is 7.05 Å². The number of hydrogen-bond donors (Lipinski definition) is 1. The lowest BCUT2D eigenvalue weighted by atomic mass is 10.2. The second kappa shape index (κ2) is 8.38. The summed E-state index contributed by atoms with van der Waals surface area (Å²) in [5.41, 5.74) is 2.00. The van der Waals surface area contributed by atoms with Crippen LogP contribution in [-0.4, -0.2) is 7.05 Å². The summed E-state index contributed by atoms with van der Waals surface area (Å²) in [6, 6.07) is 13.3. The Morgan fingerprint density at radius 1 is 1.05 bits per heavy atom. The summed E-state index contributed by atoms with van der Waals surface area (Å²) >= 11 is 12.1. The molecule has 0 aliphatic rings. The highest BCUT2D eigenvalue weighted by molar-refractivity contribution is 6.31. The molecule has 2 nitrogen and oxygen atoms in total. The van der Waals surface area contributed by atoms with E-state index in [1.54, 1.807) is 0 Å². The molecule has 0 aliphatic carbocycles. The van der Waals surface area contributed by atoms with E-state index in [9.17, 15) is 0 Å². The summed E-state index contributed by atoms with van der Waals surface area (Å²) in [4.78, 5) is 0. The molecule has 0 heterocycles. The van der Waals surface area contributed by atoms with Crippen molar-refractivity contribution in [2.24, 2.45) is 0 Å². The zero-order chi connectivity index (χ0) is 13.7. The Morgan fingerprint density at radius 2 is 1.80 bits per heavy atom. The van der Waals surface area contributed by atoms with Gasteiger partial charge in [-0.05, 0) is 31.3 Å². The third-order valence-electron chi connectivity index (χ3n) is 2.73. The van der Waals surface area contributed by atoms with Gasteiger partial charge in [0.15, 0.2) is 0 Å². The number of rotatable bonds is 5. The van der Waals surface area contributed by atoms with Crippen molar-refractivity contribution < 1.29 is 4.74 Å². The number of nitrogens with one attached hydrogen (secondary N) is 1. The fourth-order valence-electron chi connectivity index (χ4n) is 1.79. The quantitative estimate of drug-likeness (QED) is 0.856. The van der Waals surface area contributed by atoms with E-state index in [4.69, 9.17) is 27.9 Å². The minimum Gasteiger partial charge on any atom is -0.489 e. The number of ether oxygens (including phenoxy) is 1. The lowest BCUT2D eigenvalue weighted by Gasteiger charge is -2.12. The first-order valence-electron chi connectivity index (χ1n) is 6.00. The number of benzene rings is 2. The predicted molar refractivity (Wildman–Crippen MR) is 87.2 cm³/mol. The molecule has 2 aromatic rings. The van der Waals surface area contributed by atoms with Gasteiger partial charge >= 0.3 is 0 Å². The van der Waals surface area contributed by atoms with E-state index < -0.39 is 0 Å². The maximum atomic E-state index is 6.10. The Labute approximate surface area is 135 Å². The molecule has 0 radical (unpaired) electrons. The Balaban J connectivity index is 0.00000200. The van der Waals surface area contributed by atoms with Crippen LogP contribution < -0.4 is 10.1 Å². The van der Waals surface area contributed by atoms with Gasteiger partial charge in [-0.15, -0.1) is 12.4 Å². The van der Waals surface area contributed by atoms with Crippen LogP contribution in [0.3, 0.4) is 0 Å². The molecule has 108 valence electrons. The van der Waals surface area contributed by atoms with Gasteiger partial charge in [-0.1, -0.05) is 41.4 Å². The molecule has 0 aliphatic heterocycles. The molecule has 0 amide bonds. The zero-order valence-corrected chi connectivity index (χ0v) is 13.4. The van der Waals surface area contributed by atoms with Gasteiger partial charge in [0.1, 0.15) is 12.4 Å². The first-order valence-corrected chi connectivity index (χ1v) is 6.75. The number of halogens is 3. The van der Waals surface area contributed by atoms with Gasteiger partial charge in [0.05, 0.1) is 0 Å². The van der Waals surface area contributed by atoms with Gasteiger partial charge in [0.25, 0.3) is 0 Å². The predicted octanol–water partition coefficient (Wildman–Crippen LogP) is 4.71. The van der Waals surface area contributed by atoms with Gasteiger partial charge in [0.2, 0.25) is 0 Å². The van der Waals surface area contributed by atoms with Crippen LogP contribution in [0.1, 0.15) is 11.1 Å². The molecular weight excluding hydrogens is 317 g/mol. The minimum absolute atomic E-state index is 0. The summed E-state index contributed by atoms with van der Waals surface area (Å²) in [6.45, 7) is 1.15. The van der Waals surface area contributed by atoms with E-state index in [1.807, 2.05) is 49.5 Å². The van der Waals surface area contributed by atoms with Crippen molar-refractivity contribution >= 4 is 35.6 Å². The topological polar surface area (TPSA) is 21.3 Å². The molecule has 0 saturated heterocycles. The van der Waals surface area contributed by atoms with Crippen LogP contribution in [0.2, 0.25) is 10.0 Å². The van der Waals surface area contributed by atoms with Gasteiger partial charge in [-0.3, -0.25) is 0 Å². The second-order valence-electron chi connectivity index (χ2n) is 4.16. The van der Waals surface area contributed by atoms with Crippen LogP contribution in [0.5, 0.6) is 5.75 Å². The lowest BCUT2D eigenvalue weighted by molar-refractivity contribution is 0.302. The molecule has 20 heavy (non-hydrogen) atoms. The second-order valence-corrected chi connectivity index (χ2v) is 5.01. The Kier molecular flexibility index (Phi) is 7.17. The van der Waals surface area contributed by atoms with Crippen molar-refractivity contribution in [3.8, 4) is 5.75 Å². The van der Waals surface area contributed by atoms with Crippen molar-refractivity contribution in [1.29, 1.82) is 0 Å². The molecule has 2 rings (SSSR count). The molecule has 0 aromatic heterocycles. The summed E-state index contributed by atoms with van der Waals surface area (Å²) < 4.78 is 5.83. The van der Waals surface area contributed by atoms with Crippen LogP contribution in [0.4, 0.5) is 0 Å². The third-order valence-corrected chi connectivity index (χ3v) is 3.33. The molecule has 0 bridgehead atoms. The molecule has 5 heteroatoms. The van der Waals surface area contributed by atoms with Crippen molar-refractivity contribution in [1.82, 2.24) is 5.32 Å². The summed E-state index contributed by atoms with van der Waals surface area (Å²) in [7, 11) is 1.89. The standard InChI is InChI=1S/C15H15Cl2NO.ClH/c1-18-9-12-8-13(16)6-7-15(12)19-10-11-4-2-3-5-14(11)17;/h2-8,18H,9-10H2,1H3;1H. The van der Waals surface area contributed by atoms with Gasteiger partial charge < -0.3 is 10.1 Å². The summed E-state index contributed by atoms with van der Waals surface area (Å²) in [5, 5.41) is 4.51. The fourth-order valence-corrected chi connectivity index (χ4v) is 2.17. The molecule has 0 unspecified atom stereocenters. The van der Waals surface area contributed by atoms with Crippen molar-refractivity contribution in [2.45, 2.75) is 13.2 Å². The third kappa shape index (κ3) is 4.57. The highest BCUT2D eigenvalue weighted by atomic mass is 35.5. The zero-order valence-electron chi connectivity index (χ0n) is 11.0. The molecule has 1 N–H and O–H groups in total. The summed E-state index contributed by atoms with van der Waals surface area (Å²) in [6.07, 6.45) is 0. The molecular formula is C15H16Cl3NO. The van der Waals surface area contributed by atoms with E-state index in [2.05, 4.69) is 5.32 Å². The van der Waals surface area contributed by atoms with Crippen LogP contribution >= 0.6 is 35.6 Å². The molecule has 2 aromatic carbocycles. The average Bonchev–Trinajstić information content (AvgIpc) is 2.40. The van der Waals surface area contributed by atoms with E-state index in [0.29, 0.717) is 23.2 Å². The maximum Gasteiger partial charge on any atom is 0.124 e. The first kappa shape index (κ1) is 17.1. The number of hydrogen-bond acceptors (Lipinski definition) is 2. The molecule has 0 spiro atoms. The maximum absolute atomic E-state index is 6.10. The smallest absolute Gasteiger partial charge is 0.124 e. The van der Waals surface area contributed by atoms with E-state index in [0.717, 1.165) is 16.9 Å². The van der Waals surface area contributed by atoms with Crippen LogP contribution in [0.25, 0.3) is 0 Å². The Morgan fingerprint density at radius 3 is 2.50 bits per heavy atom. The Bertz CT molecular complexity index is 561. The minimum atomic E-state index is 0. The highest BCUT2D eigenvalue weighted by Gasteiger charge is 2.06. The van der Waals surface area contributed by atoms with Crippen molar-refractivity contribution in [3.63, 3.8) is 0 Å². The average molecular weight is 333 g/mol. The van der Waals surface area contributed by atoms with Gasteiger partial charge in [-0.2, -0.15) is 0 Å². The van der Waals surface area contributed by atoms with E-state index in [-0.39, 0.29) is 12.4 Å². The van der Waals surface area contributed by atoms with Gasteiger partial charge in [0, 0.05) is 27.7 Å². The SMILES string of the molecule is CNCc1cc(Cl)ccc1OCc1ccccc1Cl.Cl. The monoisotopic (exact) mass is 331 g/mol. The highest BCUT2D eigenvalue weighted by Crippen LogP contribution is 2.25. The normalized spacial score (nSPS) is 9.95. The molecule has 0 saturated carbocycles. The fraction of sp³-hybridized carbons (Fsp3) is 0.200. The van der Waals surface area contributed by atoms with E-state index in [1.165, 1.54) is 0 Å². The molecule has 0 fully saturated rings. The van der Waals surface area contributed by atoms with Crippen LogP contribution in [0, 0.1) is 0 Å².